The summed E-state index contributed by atoms with van der Waals surface area (Å²) in [6.07, 6.45) is 3.30. The Morgan fingerprint density at radius 2 is 2.06 bits per heavy atom. The Bertz CT molecular complexity index is 354. The summed E-state index contributed by atoms with van der Waals surface area (Å²) in [6, 6.07) is 6.29. The predicted molar refractivity (Wildman–Crippen MR) is 76.3 cm³/mol. The van der Waals surface area contributed by atoms with Crippen molar-refractivity contribution in [2.75, 3.05) is 0 Å². The summed E-state index contributed by atoms with van der Waals surface area (Å²) in [5.41, 5.74) is 0.977. The lowest BCUT2D eigenvalue weighted by atomic mass is 10.0. The summed E-state index contributed by atoms with van der Waals surface area (Å²) in [7, 11) is 0. The molecule has 0 amide bonds. The Morgan fingerprint density at radius 1 is 1.35 bits per heavy atom. The topological polar surface area (TPSA) is 32.3 Å². The number of halogens is 1. The van der Waals surface area contributed by atoms with Gasteiger partial charge >= 0.3 is 0 Å². The van der Waals surface area contributed by atoms with Gasteiger partial charge in [0.05, 0.1) is 0 Å². The van der Waals surface area contributed by atoms with Gasteiger partial charge in [0.1, 0.15) is 5.75 Å². The van der Waals surface area contributed by atoms with Gasteiger partial charge in [-0.3, -0.25) is 0 Å². The van der Waals surface area contributed by atoms with Gasteiger partial charge < -0.3 is 10.4 Å². The maximum atomic E-state index is 9.92. The molecule has 0 aromatic heterocycles. The van der Waals surface area contributed by atoms with Crippen LogP contribution in [0.2, 0.25) is 0 Å². The van der Waals surface area contributed by atoms with Gasteiger partial charge in [-0.05, 0) is 38.0 Å². The second kappa shape index (κ2) is 7.02. The van der Waals surface area contributed by atoms with E-state index in [-0.39, 0.29) is 6.04 Å². The van der Waals surface area contributed by atoms with Crippen molar-refractivity contribution in [3.05, 3.63) is 28.2 Å². The van der Waals surface area contributed by atoms with Crippen LogP contribution >= 0.6 is 15.9 Å². The molecule has 1 aromatic carbocycles. The molecule has 0 heterocycles. The van der Waals surface area contributed by atoms with Crippen LogP contribution in [0.3, 0.4) is 0 Å². The summed E-state index contributed by atoms with van der Waals surface area (Å²) >= 11 is 3.45. The number of hydrogen-bond donors (Lipinski definition) is 2. The molecule has 0 saturated carbocycles. The molecule has 0 fully saturated rings. The minimum atomic E-state index is 0.217. The average molecular weight is 300 g/mol. The van der Waals surface area contributed by atoms with Crippen molar-refractivity contribution in [2.45, 2.75) is 52.1 Å². The van der Waals surface area contributed by atoms with Gasteiger partial charge in [0.25, 0.3) is 0 Å². The molecule has 17 heavy (non-hydrogen) atoms. The maximum Gasteiger partial charge on any atom is 0.120 e. The fourth-order valence-corrected chi connectivity index (χ4v) is 2.47. The highest BCUT2D eigenvalue weighted by molar-refractivity contribution is 9.10. The summed E-state index contributed by atoms with van der Waals surface area (Å²) in [5.74, 6) is 0.372. The normalized spacial score (nSPS) is 14.6. The monoisotopic (exact) mass is 299 g/mol. The summed E-state index contributed by atoms with van der Waals surface area (Å²) in [5, 5.41) is 13.5. The summed E-state index contributed by atoms with van der Waals surface area (Å²) in [6.45, 7) is 6.52. The minimum Gasteiger partial charge on any atom is -0.508 e. The number of phenols is 1. The molecule has 0 bridgehead atoms. The first-order valence-electron chi connectivity index (χ1n) is 6.32. The lowest BCUT2D eigenvalue weighted by Gasteiger charge is -2.23. The van der Waals surface area contributed by atoms with Crippen LogP contribution in [0, 0.1) is 0 Å². The zero-order valence-corrected chi connectivity index (χ0v) is 12.4. The average Bonchev–Trinajstić information content (AvgIpc) is 2.30. The van der Waals surface area contributed by atoms with Crippen LogP contribution in [-0.4, -0.2) is 11.1 Å². The van der Waals surface area contributed by atoms with Crippen LogP contribution in [0.1, 0.15) is 51.6 Å². The molecule has 0 aliphatic carbocycles. The van der Waals surface area contributed by atoms with E-state index in [0.717, 1.165) is 22.9 Å². The summed E-state index contributed by atoms with van der Waals surface area (Å²) < 4.78 is 1.01. The van der Waals surface area contributed by atoms with Crippen molar-refractivity contribution in [3.63, 3.8) is 0 Å². The van der Waals surface area contributed by atoms with Gasteiger partial charge in [-0.15, -0.1) is 0 Å². The lowest BCUT2D eigenvalue weighted by Crippen LogP contribution is -2.30. The van der Waals surface area contributed by atoms with Gasteiger partial charge in [0, 0.05) is 22.1 Å². The molecule has 0 spiro atoms. The van der Waals surface area contributed by atoms with E-state index >= 15 is 0 Å². The highest BCUT2D eigenvalue weighted by atomic mass is 79.9. The number of hydrogen-bond acceptors (Lipinski definition) is 2. The molecular formula is C14H22BrNO. The van der Waals surface area contributed by atoms with Crippen LogP contribution in [-0.2, 0) is 0 Å². The smallest absolute Gasteiger partial charge is 0.120 e. The van der Waals surface area contributed by atoms with Crippen LogP contribution in [0.25, 0.3) is 0 Å². The molecule has 0 radical (unpaired) electrons. The number of rotatable bonds is 6. The van der Waals surface area contributed by atoms with E-state index < -0.39 is 0 Å². The third-order valence-electron chi connectivity index (χ3n) is 2.98. The molecule has 2 N–H and O–H groups in total. The first kappa shape index (κ1) is 14.5. The maximum absolute atomic E-state index is 9.92. The van der Waals surface area contributed by atoms with Gasteiger partial charge in [0.15, 0.2) is 0 Å². The van der Waals surface area contributed by atoms with Crippen molar-refractivity contribution >= 4 is 15.9 Å². The minimum absolute atomic E-state index is 0.217. The third kappa shape index (κ3) is 4.32. The number of nitrogens with one attached hydrogen (secondary N) is 1. The molecule has 96 valence electrons. The third-order valence-corrected chi connectivity index (χ3v) is 3.47. The summed E-state index contributed by atoms with van der Waals surface area (Å²) in [4.78, 5) is 0. The van der Waals surface area contributed by atoms with Gasteiger partial charge in [-0.1, -0.05) is 36.2 Å². The van der Waals surface area contributed by atoms with E-state index in [1.54, 1.807) is 6.07 Å². The molecule has 3 heteroatoms. The first-order chi connectivity index (χ1) is 8.08. The van der Waals surface area contributed by atoms with E-state index in [0.29, 0.717) is 11.8 Å². The SMILES string of the molecule is CCCC(C)NC(CC)c1cc(Br)ccc1O. The molecule has 2 atom stereocenters. The Hall–Kier alpha value is -0.540. The molecule has 2 nitrogen and oxygen atoms in total. The number of phenolic OH excluding ortho intramolecular Hbond substituents is 1. The number of aromatic hydroxyl groups is 1. The van der Waals surface area contributed by atoms with E-state index in [9.17, 15) is 5.11 Å². The molecule has 2 unspecified atom stereocenters. The van der Waals surface area contributed by atoms with E-state index in [2.05, 4.69) is 42.0 Å². The highest BCUT2D eigenvalue weighted by Gasteiger charge is 2.15. The predicted octanol–water partition coefficient (Wildman–Crippen LogP) is 4.38. The molecule has 0 saturated heterocycles. The van der Waals surface area contributed by atoms with Crippen molar-refractivity contribution in [1.82, 2.24) is 5.32 Å². The van der Waals surface area contributed by atoms with Crippen LogP contribution < -0.4 is 5.32 Å². The van der Waals surface area contributed by atoms with Crippen LogP contribution in [0.4, 0.5) is 0 Å². The Kier molecular flexibility index (Phi) is 6.00. The van der Waals surface area contributed by atoms with Crippen LogP contribution in [0.5, 0.6) is 5.75 Å². The fourth-order valence-electron chi connectivity index (χ4n) is 2.09. The molecular weight excluding hydrogens is 278 g/mol. The van der Waals surface area contributed by atoms with Gasteiger partial charge in [-0.25, -0.2) is 0 Å². The number of benzene rings is 1. The van der Waals surface area contributed by atoms with Crippen molar-refractivity contribution in [2.24, 2.45) is 0 Å². The highest BCUT2D eigenvalue weighted by Crippen LogP contribution is 2.29. The molecule has 1 rings (SSSR count). The Morgan fingerprint density at radius 3 is 2.65 bits per heavy atom. The lowest BCUT2D eigenvalue weighted by molar-refractivity contribution is 0.402. The zero-order chi connectivity index (χ0) is 12.8. The fraction of sp³-hybridized carbons (Fsp3) is 0.571. The molecule has 0 aliphatic rings. The quantitative estimate of drug-likeness (QED) is 0.817. The van der Waals surface area contributed by atoms with Gasteiger partial charge in [-0.2, -0.15) is 0 Å². The second-order valence-corrected chi connectivity index (χ2v) is 5.44. The Balaban J connectivity index is 2.82. The van der Waals surface area contributed by atoms with Crippen molar-refractivity contribution in [3.8, 4) is 5.75 Å². The first-order valence-corrected chi connectivity index (χ1v) is 7.12. The van der Waals surface area contributed by atoms with Crippen molar-refractivity contribution < 1.29 is 5.11 Å². The van der Waals surface area contributed by atoms with E-state index in [1.165, 1.54) is 6.42 Å². The second-order valence-electron chi connectivity index (χ2n) is 4.52. The standard InChI is InChI=1S/C14H22BrNO/c1-4-6-10(3)16-13(5-2)12-9-11(15)7-8-14(12)17/h7-10,13,16-17H,4-6H2,1-3H3. The zero-order valence-electron chi connectivity index (χ0n) is 10.8. The molecule has 1 aromatic rings. The van der Waals surface area contributed by atoms with E-state index in [1.807, 2.05) is 12.1 Å². The van der Waals surface area contributed by atoms with Crippen LogP contribution in [0.15, 0.2) is 22.7 Å². The largest absolute Gasteiger partial charge is 0.508 e. The van der Waals surface area contributed by atoms with E-state index in [4.69, 9.17) is 0 Å². The van der Waals surface area contributed by atoms with Crippen molar-refractivity contribution in [1.29, 1.82) is 0 Å². The van der Waals surface area contributed by atoms with Gasteiger partial charge in [0.2, 0.25) is 0 Å². The Labute approximate surface area is 113 Å². The molecule has 0 aliphatic heterocycles.